The van der Waals surface area contributed by atoms with Crippen LogP contribution >= 0.6 is 27.3 Å². The van der Waals surface area contributed by atoms with E-state index >= 15 is 0 Å². The molecule has 0 saturated heterocycles. The van der Waals surface area contributed by atoms with Crippen LogP contribution in [-0.4, -0.2) is 24.1 Å². The second-order valence-electron chi connectivity index (χ2n) is 5.52. The van der Waals surface area contributed by atoms with E-state index in [0.29, 0.717) is 18.8 Å². The minimum atomic E-state index is -0.0233. The van der Waals surface area contributed by atoms with Gasteiger partial charge in [-0.25, -0.2) is 0 Å². The summed E-state index contributed by atoms with van der Waals surface area (Å²) in [4.78, 5) is 12.5. The summed E-state index contributed by atoms with van der Waals surface area (Å²) in [5.74, 6) is 0.806. The monoisotopic (exact) mass is 406 g/mol. The highest BCUT2D eigenvalue weighted by molar-refractivity contribution is 9.11. The second-order valence-corrected chi connectivity index (χ2v) is 7.98. The van der Waals surface area contributed by atoms with Gasteiger partial charge in [-0.1, -0.05) is 19.1 Å². The molecule has 0 fully saturated rings. The Morgan fingerprint density at radius 1 is 1.29 bits per heavy atom. The van der Waals surface area contributed by atoms with E-state index in [2.05, 4.69) is 31.9 Å². The SMILES string of the molecule is CCCNC(=O)c1cc2sc(Br)cc2n1Cc1ccc(OC)cc1. The molecule has 0 aliphatic rings. The summed E-state index contributed by atoms with van der Waals surface area (Å²) in [6.07, 6.45) is 0.921. The lowest BCUT2D eigenvalue weighted by Crippen LogP contribution is -2.26. The number of rotatable bonds is 6. The third-order valence-electron chi connectivity index (χ3n) is 3.83. The van der Waals surface area contributed by atoms with Gasteiger partial charge < -0.3 is 14.6 Å². The Morgan fingerprint density at radius 3 is 2.71 bits per heavy atom. The van der Waals surface area contributed by atoms with Crippen molar-refractivity contribution in [1.29, 1.82) is 0 Å². The molecule has 2 aromatic heterocycles. The second kappa shape index (κ2) is 7.40. The van der Waals surface area contributed by atoms with Gasteiger partial charge in [0.05, 0.1) is 21.1 Å². The molecule has 0 radical (unpaired) electrons. The number of aromatic nitrogens is 1. The Hall–Kier alpha value is -1.79. The first-order valence-corrected chi connectivity index (χ1v) is 9.43. The molecular formula is C18H19BrN2O2S. The maximum atomic E-state index is 12.5. The lowest BCUT2D eigenvalue weighted by molar-refractivity contribution is 0.0945. The molecule has 24 heavy (non-hydrogen) atoms. The average Bonchev–Trinajstić information content (AvgIpc) is 3.10. The zero-order valence-corrected chi connectivity index (χ0v) is 16.0. The van der Waals surface area contributed by atoms with Gasteiger partial charge >= 0.3 is 0 Å². The lowest BCUT2D eigenvalue weighted by Gasteiger charge is -2.11. The van der Waals surface area contributed by atoms with Crippen LogP contribution in [0.25, 0.3) is 10.2 Å². The number of carbonyl (C=O) groups excluding carboxylic acids is 1. The molecule has 3 rings (SSSR count). The van der Waals surface area contributed by atoms with Gasteiger partial charge in [-0.3, -0.25) is 4.79 Å². The van der Waals surface area contributed by atoms with Crippen molar-refractivity contribution in [2.75, 3.05) is 13.7 Å². The molecule has 0 atom stereocenters. The Balaban J connectivity index is 1.97. The summed E-state index contributed by atoms with van der Waals surface area (Å²) in [5.41, 5.74) is 2.90. The van der Waals surface area contributed by atoms with Gasteiger partial charge in [0.2, 0.25) is 0 Å². The third kappa shape index (κ3) is 3.49. The summed E-state index contributed by atoms with van der Waals surface area (Å²) >= 11 is 5.17. The van der Waals surface area contributed by atoms with Crippen LogP contribution in [0, 0.1) is 0 Å². The molecule has 0 spiro atoms. The number of fused-ring (bicyclic) bond motifs is 1. The highest BCUT2D eigenvalue weighted by atomic mass is 79.9. The summed E-state index contributed by atoms with van der Waals surface area (Å²) in [7, 11) is 1.66. The number of carbonyl (C=O) groups is 1. The molecule has 4 nitrogen and oxygen atoms in total. The first kappa shape index (κ1) is 17.0. The van der Waals surface area contributed by atoms with E-state index in [9.17, 15) is 4.79 Å². The van der Waals surface area contributed by atoms with E-state index < -0.39 is 0 Å². The highest BCUT2D eigenvalue weighted by Gasteiger charge is 2.17. The predicted octanol–water partition coefficient (Wildman–Crippen LogP) is 4.66. The average molecular weight is 407 g/mol. The van der Waals surface area contributed by atoms with Crippen molar-refractivity contribution < 1.29 is 9.53 Å². The number of benzene rings is 1. The van der Waals surface area contributed by atoms with Gasteiger partial charge in [-0.15, -0.1) is 11.3 Å². The molecule has 0 saturated carbocycles. The number of nitrogens with one attached hydrogen (secondary N) is 1. The van der Waals surface area contributed by atoms with Crippen molar-refractivity contribution in [1.82, 2.24) is 9.88 Å². The molecule has 1 amide bonds. The van der Waals surface area contributed by atoms with Crippen LogP contribution in [0.2, 0.25) is 0 Å². The molecule has 6 heteroatoms. The van der Waals surface area contributed by atoms with Gasteiger partial charge in [0.15, 0.2) is 0 Å². The minimum Gasteiger partial charge on any atom is -0.497 e. The molecule has 1 N–H and O–H groups in total. The predicted molar refractivity (Wildman–Crippen MR) is 102 cm³/mol. The molecule has 0 unspecified atom stereocenters. The number of methoxy groups -OCH3 is 1. The topological polar surface area (TPSA) is 43.3 Å². The maximum absolute atomic E-state index is 12.5. The number of hydrogen-bond acceptors (Lipinski definition) is 3. The third-order valence-corrected chi connectivity index (χ3v) is 5.40. The summed E-state index contributed by atoms with van der Waals surface area (Å²) in [5, 5.41) is 2.97. The zero-order valence-electron chi connectivity index (χ0n) is 13.6. The van der Waals surface area contributed by atoms with Gasteiger partial charge in [-0.2, -0.15) is 0 Å². The van der Waals surface area contributed by atoms with E-state index in [-0.39, 0.29) is 5.91 Å². The molecule has 1 aromatic carbocycles. The number of ether oxygens (including phenoxy) is 1. The molecule has 3 aromatic rings. The maximum Gasteiger partial charge on any atom is 0.267 e. The minimum absolute atomic E-state index is 0.0233. The van der Waals surface area contributed by atoms with Gasteiger partial charge in [0, 0.05) is 13.1 Å². The van der Waals surface area contributed by atoms with Crippen LogP contribution in [0.3, 0.4) is 0 Å². The molecule has 2 heterocycles. The van der Waals surface area contributed by atoms with E-state index in [4.69, 9.17) is 4.74 Å². The first-order valence-electron chi connectivity index (χ1n) is 7.82. The summed E-state index contributed by atoms with van der Waals surface area (Å²) in [6.45, 7) is 3.38. The number of thiophene rings is 1. The molecule has 126 valence electrons. The smallest absolute Gasteiger partial charge is 0.267 e. The van der Waals surface area contributed by atoms with Crippen LogP contribution in [0.1, 0.15) is 29.4 Å². The fourth-order valence-corrected chi connectivity index (χ4v) is 4.18. The fraction of sp³-hybridized carbons (Fsp3) is 0.278. The molecular weight excluding hydrogens is 388 g/mol. The standard InChI is InChI=1S/C18H19BrN2O2S/c1-3-8-20-18(22)15-9-16-14(10-17(19)24-16)21(15)11-12-4-6-13(23-2)7-5-12/h4-7,9-10H,3,8,11H2,1-2H3,(H,20,22). The van der Waals surface area contributed by atoms with Crippen molar-refractivity contribution >= 4 is 43.4 Å². The van der Waals surface area contributed by atoms with Crippen LogP contribution in [0.15, 0.2) is 40.2 Å². The summed E-state index contributed by atoms with van der Waals surface area (Å²) < 4.78 is 9.46. The molecule has 0 aliphatic carbocycles. The van der Waals surface area contributed by atoms with Crippen molar-refractivity contribution in [2.45, 2.75) is 19.9 Å². The van der Waals surface area contributed by atoms with Crippen LogP contribution < -0.4 is 10.1 Å². The fourth-order valence-electron chi connectivity index (χ4n) is 2.61. The van der Waals surface area contributed by atoms with Gasteiger partial charge in [0.25, 0.3) is 5.91 Å². The largest absolute Gasteiger partial charge is 0.497 e. The Labute approximate surface area is 153 Å². The van der Waals surface area contributed by atoms with Crippen LogP contribution in [0.4, 0.5) is 0 Å². The van der Waals surface area contributed by atoms with E-state index in [0.717, 1.165) is 31.7 Å². The lowest BCUT2D eigenvalue weighted by atomic mass is 10.2. The number of nitrogens with zero attached hydrogens (tertiary/aromatic N) is 1. The van der Waals surface area contributed by atoms with Crippen LogP contribution in [-0.2, 0) is 6.54 Å². The van der Waals surface area contributed by atoms with Gasteiger partial charge in [-0.05, 0) is 52.2 Å². The zero-order chi connectivity index (χ0) is 17.1. The quantitative estimate of drug-likeness (QED) is 0.646. The Kier molecular flexibility index (Phi) is 5.26. The Bertz CT molecular complexity index is 852. The van der Waals surface area contributed by atoms with Crippen LogP contribution in [0.5, 0.6) is 5.75 Å². The summed E-state index contributed by atoms with van der Waals surface area (Å²) in [6, 6.07) is 12.0. The number of halogens is 1. The van der Waals surface area contributed by atoms with Crippen molar-refractivity contribution in [3.05, 3.63) is 51.4 Å². The van der Waals surface area contributed by atoms with E-state index in [1.165, 1.54) is 0 Å². The van der Waals surface area contributed by atoms with Crippen molar-refractivity contribution in [3.63, 3.8) is 0 Å². The van der Waals surface area contributed by atoms with E-state index in [1.807, 2.05) is 37.3 Å². The molecule has 0 bridgehead atoms. The normalized spacial score (nSPS) is 11.0. The van der Waals surface area contributed by atoms with Crippen molar-refractivity contribution in [2.24, 2.45) is 0 Å². The van der Waals surface area contributed by atoms with Gasteiger partial charge in [0.1, 0.15) is 11.4 Å². The van der Waals surface area contributed by atoms with Crippen molar-refractivity contribution in [3.8, 4) is 5.75 Å². The highest BCUT2D eigenvalue weighted by Crippen LogP contribution is 2.33. The Morgan fingerprint density at radius 2 is 2.04 bits per heavy atom. The number of hydrogen-bond donors (Lipinski definition) is 1. The molecule has 0 aliphatic heterocycles. The number of amides is 1. The first-order chi connectivity index (χ1) is 11.6. The van der Waals surface area contributed by atoms with E-state index in [1.54, 1.807) is 18.4 Å².